The summed E-state index contributed by atoms with van der Waals surface area (Å²) in [5, 5.41) is 2.46. The lowest BCUT2D eigenvalue weighted by Crippen LogP contribution is -1.94. The van der Waals surface area contributed by atoms with Crippen molar-refractivity contribution in [2.45, 2.75) is 32.6 Å². The maximum atomic E-state index is 10.8. The molecule has 88 valence electrons. The number of rotatable bonds is 3. The molecule has 2 aromatic carbocycles. The van der Waals surface area contributed by atoms with E-state index in [1.165, 1.54) is 16.3 Å². The molecule has 0 saturated carbocycles. The molecule has 0 amide bonds. The summed E-state index contributed by atoms with van der Waals surface area (Å²) in [5.74, 6) is 0.525. The Morgan fingerprint density at radius 2 is 1.41 bits per heavy atom. The van der Waals surface area contributed by atoms with Gasteiger partial charge in [-0.2, -0.15) is 0 Å². The van der Waals surface area contributed by atoms with Crippen LogP contribution in [0, 0.1) is 0 Å². The predicted octanol–water partition coefficient (Wildman–Crippen LogP) is 4.27. The first kappa shape index (κ1) is 11.8. The second-order valence-electron chi connectivity index (χ2n) is 4.95. The van der Waals surface area contributed by atoms with E-state index in [-0.39, 0.29) is 5.92 Å². The first-order valence-corrected chi connectivity index (χ1v) is 6.10. The third kappa shape index (κ3) is 2.38. The molecule has 1 atom stereocenters. The molecule has 1 nitrogen and oxygen atoms in total. The Bertz CT molecular complexity index is 540. The van der Waals surface area contributed by atoms with Crippen molar-refractivity contribution < 1.29 is 4.79 Å². The number of benzene rings is 2. The Morgan fingerprint density at radius 1 is 0.882 bits per heavy atom. The van der Waals surface area contributed by atoms with Gasteiger partial charge in [0.15, 0.2) is 0 Å². The molecule has 0 saturated heterocycles. The van der Waals surface area contributed by atoms with E-state index in [1.807, 2.05) is 13.0 Å². The van der Waals surface area contributed by atoms with Crippen LogP contribution in [0.4, 0.5) is 0 Å². The van der Waals surface area contributed by atoms with E-state index in [0.717, 1.165) is 11.8 Å². The van der Waals surface area contributed by atoms with Gasteiger partial charge in [-0.05, 0) is 27.8 Å². The molecule has 0 fully saturated rings. The lowest BCUT2D eigenvalue weighted by atomic mass is 9.95. The topological polar surface area (TPSA) is 17.1 Å². The van der Waals surface area contributed by atoms with Crippen molar-refractivity contribution in [1.29, 1.82) is 0 Å². The maximum absolute atomic E-state index is 10.8. The summed E-state index contributed by atoms with van der Waals surface area (Å²) in [6, 6.07) is 12.8. The Labute approximate surface area is 102 Å². The van der Waals surface area contributed by atoms with Crippen LogP contribution in [0.1, 0.15) is 43.7 Å². The Morgan fingerprint density at radius 3 is 1.94 bits per heavy atom. The molecule has 0 aliphatic carbocycles. The molecule has 0 aromatic heterocycles. The van der Waals surface area contributed by atoms with Crippen molar-refractivity contribution in [3.05, 3.63) is 47.5 Å². The molecule has 1 heteroatoms. The monoisotopic (exact) mass is 226 g/mol. The fourth-order valence-electron chi connectivity index (χ4n) is 2.00. The minimum Gasteiger partial charge on any atom is -0.303 e. The first-order valence-electron chi connectivity index (χ1n) is 6.10. The highest BCUT2D eigenvalue weighted by molar-refractivity contribution is 5.84. The van der Waals surface area contributed by atoms with Gasteiger partial charge in [-0.15, -0.1) is 0 Å². The van der Waals surface area contributed by atoms with Crippen molar-refractivity contribution in [3.8, 4) is 0 Å². The molecule has 0 radical (unpaired) electrons. The number of hydrogen-bond acceptors (Lipinski definition) is 1. The maximum Gasteiger partial charge on any atom is 0.127 e. The lowest BCUT2D eigenvalue weighted by molar-refractivity contribution is -0.108. The zero-order valence-corrected chi connectivity index (χ0v) is 10.6. The summed E-state index contributed by atoms with van der Waals surface area (Å²) in [4.78, 5) is 10.8. The number of carbonyl (C=O) groups is 1. The highest BCUT2D eigenvalue weighted by Gasteiger charge is 2.05. The average Bonchev–Trinajstić information content (AvgIpc) is 2.36. The minimum absolute atomic E-state index is 0.0239. The lowest BCUT2D eigenvalue weighted by Gasteiger charge is -2.09. The minimum atomic E-state index is -0.0239. The van der Waals surface area contributed by atoms with Gasteiger partial charge >= 0.3 is 0 Å². The molecule has 2 rings (SSSR count). The van der Waals surface area contributed by atoms with Gasteiger partial charge in [-0.3, -0.25) is 0 Å². The summed E-state index contributed by atoms with van der Waals surface area (Å²) in [6.45, 7) is 6.32. The molecule has 0 bridgehead atoms. The van der Waals surface area contributed by atoms with Crippen LogP contribution in [-0.2, 0) is 4.79 Å². The van der Waals surface area contributed by atoms with Gasteiger partial charge < -0.3 is 4.79 Å². The third-order valence-corrected chi connectivity index (χ3v) is 3.28. The van der Waals surface area contributed by atoms with Crippen molar-refractivity contribution in [1.82, 2.24) is 0 Å². The number of fused-ring (bicyclic) bond motifs is 1. The molecule has 0 heterocycles. The highest BCUT2D eigenvalue weighted by Crippen LogP contribution is 2.24. The molecule has 17 heavy (non-hydrogen) atoms. The zero-order chi connectivity index (χ0) is 12.4. The molecular weight excluding hydrogens is 208 g/mol. The van der Waals surface area contributed by atoms with Crippen molar-refractivity contribution >= 4 is 17.1 Å². The van der Waals surface area contributed by atoms with Crippen LogP contribution in [0.25, 0.3) is 10.8 Å². The van der Waals surface area contributed by atoms with Crippen LogP contribution in [0.5, 0.6) is 0 Å². The van der Waals surface area contributed by atoms with Crippen LogP contribution < -0.4 is 0 Å². The quantitative estimate of drug-likeness (QED) is 0.714. The van der Waals surface area contributed by atoms with E-state index in [9.17, 15) is 4.79 Å². The molecule has 0 aliphatic rings. The van der Waals surface area contributed by atoms with Gasteiger partial charge in [0.1, 0.15) is 6.29 Å². The molecule has 2 aromatic rings. The normalized spacial score (nSPS) is 12.9. The summed E-state index contributed by atoms with van der Waals surface area (Å²) >= 11 is 0. The standard InChI is InChI=1S/C16H18O/c1-11(2)13-4-6-16-9-14(12(3)10-17)5-7-15(16)8-13/h4-12H,1-3H3. The molecular formula is C16H18O. The summed E-state index contributed by atoms with van der Waals surface area (Å²) in [7, 11) is 0. The van der Waals surface area contributed by atoms with Gasteiger partial charge in [0, 0.05) is 5.92 Å². The van der Waals surface area contributed by atoms with Crippen molar-refractivity contribution in [2.24, 2.45) is 0 Å². The van der Waals surface area contributed by atoms with Gasteiger partial charge in [0.05, 0.1) is 0 Å². The molecule has 0 N–H and O–H groups in total. The fraction of sp³-hybridized carbons (Fsp3) is 0.312. The SMILES string of the molecule is CC(C)c1ccc2cc(C(C)C=O)ccc2c1. The molecule has 0 aliphatic heterocycles. The predicted molar refractivity (Wildman–Crippen MR) is 72.5 cm³/mol. The first-order chi connectivity index (χ1) is 8.11. The van der Waals surface area contributed by atoms with Crippen LogP contribution in [-0.4, -0.2) is 6.29 Å². The van der Waals surface area contributed by atoms with Crippen molar-refractivity contribution in [3.63, 3.8) is 0 Å². The second kappa shape index (κ2) is 4.70. The average molecular weight is 226 g/mol. The van der Waals surface area contributed by atoms with Crippen LogP contribution in [0.15, 0.2) is 36.4 Å². The zero-order valence-electron chi connectivity index (χ0n) is 10.6. The van der Waals surface area contributed by atoms with E-state index < -0.39 is 0 Å². The van der Waals surface area contributed by atoms with E-state index in [4.69, 9.17) is 0 Å². The van der Waals surface area contributed by atoms with Gasteiger partial charge in [0.2, 0.25) is 0 Å². The fourth-order valence-corrected chi connectivity index (χ4v) is 2.00. The second-order valence-corrected chi connectivity index (χ2v) is 4.95. The van der Waals surface area contributed by atoms with Crippen LogP contribution in [0.3, 0.4) is 0 Å². The van der Waals surface area contributed by atoms with E-state index in [2.05, 4.69) is 44.2 Å². The summed E-state index contributed by atoms with van der Waals surface area (Å²) < 4.78 is 0. The summed E-state index contributed by atoms with van der Waals surface area (Å²) in [6.07, 6.45) is 0.990. The smallest absolute Gasteiger partial charge is 0.127 e. The highest BCUT2D eigenvalue weighted by atomic mass is 16.1. The third-order valence-electron chi connectivity index (χ3n) is 3.28. The van der Waals surface area contributed by atoms with Gasteiger partial charge in [0.25, 0.3) is 0 Å². The van der Waals surface area contributed by atoms with E-state index in [1.54, 1.807) is 0 Å². The van der Waals surface area contributed by atoms with Crippen LogP contribution >= 0.6 is 0 Å². The number of carbonyl (C=O) groups excluding carboxylic acids is 1. The molecule has 1 unspecified atom stereocenters. The van der Waals surface area contributed by atoms with Gasteiger partial charge in [-0.1, -0.05) is 57.2 Å². The Balaban J connectivity index is 2.50. The Hall–Kier alpha value is -1.63. The Kier molecular flexibility index (Phi) is 3.28. The van der Waals surface area contributed by atoms with Crippen LogP contribution in [0.2, 0.25) is 0 Å². The van der Waals surface area contributed by atoms with Crippen molar-refractivity contribution in [2.75, 3.05) is 0 Å². The van der Waals surface area contributed by atoms with E-state index in [0.29, 0.717) is 5.92 Å². The van der Waals surface area contributed by atoms with Gasteiger partial charge in [-0.25, -0.2) is 0 Å². The van der Waals surface area contributed by atoms with E-state index >= 15 is 0 Å². The summed E-state index contributed by atoms with van der Waals surface area (Å²) in [5.41, 5.74) is 2.44. The number of aldehydes is 1. The number of hydrogen-bond donors (Lipinski definition) is 0. The largest absolute Gasteiger partial charge is 0.303 e. The molecule has 0 spiro atoms.